The predicted molar refractivity (Wildman–Crippen MR) is 92.0 cm³/mol. The lowest BCUT2D eigenvalue weighted by Crippen LogP contribution is -2.20. The van der Waals surface area contributed by atoms with Crippen LogP contribution in [-0.4, -0.2) is 20.7 Å². The number of ketones is 1. The fourth-order valence-electron chi connectivity index (χ4n) is 3.35. The van der Waals surface area contributed by atoms with Crippen LogP contribution in [0.5, 0.6) is 0 Å². The van der Waals surface area contributed by atoms with Crippen LogP contribution >= 0.6 is 0 Å². The molecular weight excluding hydrogens is 304 g/mol. The van der Waals surface area contributed by atoms with E-state index in [0.29, 0.717) is 40.7 Å². The lowest BCUT2D eigenvalue weighted by Gasteiger charge is -2.19. The summed E-state index contributed by atoms with van der Waals surface area (Å²) in [5.74, 6) is 0.0515. The van der Waals surface area contributed by atoms with Crippen molar-refractivity contribution in [1.29, 1.82) is 0 Å². The second-order valence-corrected chi connectivity index (χ2v) is 6.10. The lowest BCUT2D eigenvalue weighted by molar-refractivity contribution is 0.0972. The molecule has 6 heteroatoms. The molecule has 0 saturated carbocycles. The quantitative estimate of drug-likeness (QED) is 0.717. The van der Waals surface area contributed by atoms with Crippen molar-refractivity contribution in [2.45, 2.75) is 26.2 Å². The maximum absolute atomic E-state index is 12.6. The number of carbonyl (C=O) groups is 1. The summed E-state index contributed by atoms with van der Waals surface area (Å²) in [7, 11) is 0. The molecule has 24 heavy (non-hydrogen) atoms. The molecule has 6 nitrogen and oxygen atoms in total. The molecule has 4 rings (SSSR count). The summed E-state index contributed by atoms with van der Waals surface area (Å²) in [6.45, 7) is 1.97. The summed E-state index contributed by atoms with van der Waals surface area (Å²) < 4.78 is 0. The molecule has 0 atom stereocenters. The molecule has 0 spiro atoms. The number of hydrogen-bond acceptors (Lipinski definition) is 5. The Morgan fingerprint density at radius 2 is 1.96 bits per heavy atom. The average molecular weight is 320 g/mol. The van der Waals surface area contributed by atoms with Crippen molar-refractivity contribution in [2.75, 3.05) is 5.73 Å². The minimum Gasteiger partial charge on any atom is -0.369 e. The minimum absolute atomic E-state index is 0.0253. The van der Waals surface area contributed by atoms with Crippen molar-refractivity contribution >= 4 is 22.8 Å². The zero-order chi connectivity index (χ0) is 16.8. The Bertz CT molecular complexity index is 1050. The number of carbonyl (C=O) groups excluding carboxylic acids is 1. The van der Waals surface area contributed by atoms with Crippen molar-refractivity contribution in [3.63, 3.8) is 0 Å². The summed E-state index contributed by atoms with van der Waals surface area (Å²) >= 11 is 0. The summed E-state index contributed by atoms with van der Waals surface area (Å²) in [6.07, 6.45) is 1.93. The summed E-state index contributed by atoms with van der Waals surface area (Å²) in [5.41, 5.74) is 9.34. The van der Waals surface area contributed by atoms with Crippen LogP contribution < -0.4 is 11.3 Å². The first-order valence-electron chi connectivity index (χ1n) is 7.87. The maximum atomic E-state index is 12.6. The zero-order valence-corrected chi connectivity index (χ0v) is 13.2. The van der Waals surface area contributed by atoms with Gasteiger partial charge in [0.05, 0.1) is 11.1 Å². The average Bonchev–Trinajstić information content (AvgIpc) is 2.53. The van der Waals surface area contributed by atoms with E-state index in [2.05, 4.69) is 15.0 Å². The fourth-order valence-corrected chi connectivity index (χ4v) is 3.35. The monoisotopic (exact) mass is 320 g/mol. The molecule has 1 aliphatic rings. The van der Waals surface area contributed by atoms with Crippen LogP contribution in [0.1, 0.15) is 34.5 Å². The molecule has 0 bridgehead atoms. The number of pyridine rings is 1. The Balaban J connectivity index is 2.21. The van der Waals surface area contributed by atoms with E-state index in [9.17, 15) is 9.59 Å². The van der Waals surface area contributed by atoms with Crippen LogP contribution in [0.25, 0.3) is 22.2 Å². The number of fused-ring (bicyclic) bond motifs is 2. The number of nitrogens with two attached hydrogens (primary N) is 1. The fraction of sp³-hybridized carbons (Fsp3) is 0.222. The number of aromatic nitrogens is 3. The standard InChI is InChI=1S/C18H16N4O2/c1-9-4-2-5-10(8-9)13-14-11(6-3-7-12(14)23)20-16-15(13)17(24)22-18(19)21-16/h2,4-5,8H,3,6-7H2,1H3,(H3,19,20,21,22,24). The van der Waals surface area contributed by atoms with Gasteiger partial charge in [-0.05, 0) is 25.3 Å². The third-order valence-electron chi connectivity index (χ3n) is 4.35. The van der Waals surface area contributed by atoms with Crippen molar-refractivity contribution in [2.24, 2.45) is 0 Å². The van der Waals surface area contributed by atoms with E-state index in [1.165, 1.54) is 0 Å². The third kappa shape index (κ3) is 2.19. The smallest absolute Gasteiger partial charge is 0.262 e. The largest absolute Gasteiger partial charge is 0.369 e. The summed E-state index contributed by atoms with van der Waals surface area (Å²) in [4.78, 5) is 36.3. The van der Waals surface area contributed by atoms with Crippen LogP contribution in [0, 0.1) is 6.92 Å². The van der Waals surface area contributed by atoms with Gasteiger partial charge in [-0.3, -0.25) is 14.6 Å². The number of nitrogens with one attached hydrogen (secondary N) is 1. The molecule has 0 unspecified atom stereocenters. The second kappa shape index (κ2) is 5.26. The molecule has 3 N–H and O–H groups in total. The third-order valence-corrected chi connectivity index (χ3v) is 4.35. The highest BCUT2D eigenvalue weighted by atomic mass is 16.1. The molecule has 0 saturated heterocycles. The molecule has 1 aliphatic carbocycles. The number of aryl methyl sites for hydroxylation is 2. The predicted octanol–water partition coefficient (Wildman–Crippen LogP) is 2.39. The second-order valence-electron chi connectivity index (χ2n) is 6.10. The Kier molecular flexibility index (Phi) is 3.19. The van der Waals surface area contributed by atoms with Gasteiger partial charge in [0.2, 0.25) is 5.95 Å². The van der Waals surface area contributed by atoms with Crippen LogP contribution in [0.15, 0.2) is 29.1 Å². The molecule has 0 radical (unpaired) electrons. The van der Waals surface area contributed by atoms with E-state index in [1.807, 2.05) is 31.2 Å². The maximum Gasteiger partial charge on any atom is 0.262 e. The van der Waals surface area contributed by atoms with Crippen molar-refractivity contribution in [3.05, 3.63) is 51.4 Å². The van der Waals surface area contributed by atoms with E-state index in [4.69, 9.17) is 5.73 Å². The van der Waals surface area contributed by atoms with Gasteiger partial charge in [-0.15, -0.1) is 0 Å². The first-order chi connectivity index (χ1) is 11.5. The Morgan fingerprint density at radius 1 is 1.12 bits per heavy atom. The van der Waals surface area contributed by atoms with E-state index < -0.39 is 0 Å². The van der Waals surface area contributed by atoms with Gasteiger partial charge in [0.1, 0.15) is 0 Å². The highest BCUT2D eigenvalue weighted by Crippen LogP contribution is 2.35. The van der Waals surface area contributed by atoms with Gasteiger partial charge in [-0.2, -0.15) is 4.98 Å². The molecule has 3 aromatic rings. The number of benzene rings is 1. The van der Waals surface area contributed by atoms with Crippen LogP contribution in [0.3, 0.4) is 0 Å². The Labute approximate surface area is 137 Å². The van der Waals surface area contributed by atoms with Crippen molar-refractivity contribution in [1.82, 2.24) is 15.0 Å². The number of Topliss-reactive ketones (excluding diaryl/α,β-unsaturated/α-hetero) is 1. The number of hydrogen-bond donors (Lipinski definition) is 2. The number of anilines is 1. The molecule has 2 heterocycles. The first kappa shape index (κ1) is 14.6. The SMILES string of the molecule is Cc1cccc(-c2c3c(nc4nc(N)[nH]c(=O)c24)CCCC3=O)c1. The number of nitrogens with zero attached hydrogens (tertiary/aromatic N) is 2. The Morgan fingerprint density at radius 3 is 2.75 bits per heavy atom. The first-order valence-corrected chi connectivity index (χ1v) is 7.87. The molecule has 2 aromatic heterocycles. The topological polar surface area (TPSA) is 102 Å². The number of nitrogen functional groups attached to an aromatic ring is 1. The van der Waals surface area contributed by atoms with Crippen molar-refractivity contribution in [3.8, 4) is 11.1 Å². The van der Waals surface area contributed by atoms with E-state index in [-0.39, 0.29) is 17.3 Å². The summed E-state index contributed by atoms with van der Waals surface area (Å²) in [6, 6.07) is 7.75. The van der Waals surface area contributed by atoms with Gasteiger partial charge in [-0.1, -0.05) is 29.8 Å². The van der Waals surface area contributed by atoms with Crippen LogP contribution in [-0.2, 0) is 6.42 Å². The lowest BCUT2D eigenvalue weighted by atomic mass is 9.86. The molecule has 120 valence electrons. The molecule has 0 aliphatic heterocycles. The Hall–Kier alpha value is -3.02. The van der Waals surface area contributed by atoms with Gasteiger partial charge >= 0.3 is 0 Å². The van der Waals surface area contributed by atoms with E-state index in [1.54, 1.807) is 0 Å². The number of rotatable bonds is 1. The number of H-pyrrole nitrogens is 1. The molecule has 0 amide bonds. The summed E-state index contributed by atoms with van der Waals surface area (Å²) in [5, 5.41) is 0.323. The van der Waals surface area contributed by atoms with Gasteiger partial charge in [0, 0.05) is 17.5 Å². The minimum atomic E-state index is -0.373. The van der Waals surface area contributed by atoms with Gasteiger partial charge in [0.25, 0.3) is 5.56 Å². The van der Waals surface area contributed by atoms with E-state index >= 15 is 0 Å². The highest BCUT2D eigenvalue weighted by molar-refractivity contribution is 6.10. The highest BCUT2D eigenvalue weighted by Gasteiger charge is 2.27. The number of aromatic amines is 1. The van der Waals surface area contributed by atoms with Crippen molar-refractivity contribution < 1.29 is 4.79 Å². The molecular formula is C18H16N4O2. The zero-order valence-electron chi connectivity index (χ0n) is 13.2. The normalized spacial score (nSPS) is 14.0. The molecule has 1 aromatic carbocycles. The van der Waals surface area contributed by atoms with Crippen LogP contribution in [0.4, 0.5) is 5.95 Å². The van der Waals surface area contributed by atoms with Gasteiger partial charge in [-0.25, -0.2) is 4.98 Å². The molecule has 0 fully saturated rings. The van der Waals surface area contributed by atoms with Gasteiger partial charge < -0.3 is 5.73 Å². The van der Waals surface area contributed by atoms with Crippen LogP contribution in [0.2, 0.25) is 0 Å². The van der Waals surface area contributed by atoms with Gasteiger partial charge in [0.15, 0.2) is 11.4 Å². The van der Waals surface area contributed by atoms with E-state index in [0.717, 1.165) is 17.5 Å².